The van der Waals surface area contributed by atoms with E-state index in [2.05, 4.69) is 4.74 Å². The molecular formula is C20H25N2O10+. The molecule has 1 saturated heterocycles. The van der Waals surface area contributed by atoms with E-state index in [-0.39, 0.29) is 25.0 Å². The molecule has 1 aliphatic rings. The molecule has 12 heteroatoms. The van der Waals surface area contributed by atoms with Gasteiger partial charge in [-0.05, 0) is 6.07 Å². The molecule has 0 spiro atoms. The minimum atomic E-state index is -1.11. The Labute approximate surface area is 183 Å². The lowest BCUT2D eigenvalue weighted by Gasteiger charge is -2.21. The molecule has 0 aliphatic carbocycles. The molecule has 0 bridgehead atoms. The summed E-state index contributed by atoms with van der Waals surface area (Å²) in [7, 11) is 1.20. The first-order valence-electron chi connectivity index (χ1n) is 9.65. The zero-order valence-corrected chi connectivity index (χ0v) is 17.8. The van der Waals surface area contributed by atoms with Gasteiger partial charge in [0.1, 0.15) is 18.3 Å². The number of rotatable bonds is 9. The molecule has 0 aromatic carbocycles. The summed E-state index contributed by atoms with van der Waals surface area (Å²) in [5, 5.41) is 0. The van der Waals surface area contributed by atoms with Crippen LogP contribution in [-0.2, 0) is 42.9 Å². The molecule has 1 aromatic heterocycles. The number of carbonyl (C=O) groups excluding carboxylic acids is 5. The van der Waals surface area contributed by atoms with Crippen molar-refractivity contribution in [3.8, 4) is 0 Å². The van der Waals surface area contributed by atoms with Crippen LogP contribution in [0.25, 0.3) is 0 Å². The molecule has 32 heavy (non-hydrogen) atoms. The second-order valence-electron chi connectivity index (χ2n) is 6.88. The number of carbonyl (C=O) groups is 5. The van der Waals surface area contributed by atoms with E-state index in [0.717, 1.165) is 0 Å². The monoisotopic (exact) mass is 453 g/mol. The van der Waals surface area contributed by atoms with E-state index in [4.69, 9.17) is 24.7 Å². The standard InChI is InChI=1S/C20H24N2O10/c1-11(23)30-17-14(10-29-16(26)7-6-15(25)28-3)32-20(18(17)31-12(2)24)22-8-4-5-13(9-22)19(21)27/h4-5,8-9,14,17-18,20H,6-7,10H2,1-3H3,(H-,21,27)/p+1/t14-,17-,18-,20-/m1/s1. The van der Waals surface area contributed by atoms with Crippen molar-refractivity contribution in [3.63, 3.8) is 0 Å². The number of amides is 1. The molecule has 1 aromatic rings. The SMILES string of the molecule is COC(=O)CCC(=O)OC[C@H]1O[C@@H]([n+]2cccc(C(N)=O)c2)[C@H](OC(C)=O)[C@@H]1OC(C)=O. The number of nitrogens with two attached hydrogens (primary N) is 1. The summed E-state index contributed by atoms with van der Waals surface area (Å²) in [6.45, 7) is 1.99. The predicted octanol–water partition coefficient (Wildman–Crippen LogP) is -0.670. The van der Waals surface area contributed by atoms with Gasteiger partial charge in [-0.15, -0.1) is 0 Å². The van der Waals surface area contributed by atoms with Gasteiger partial charge in [0.15, 0.2) is 18.5 Å². The molecule has 174 valence electrons. The van der Waals surface area contributed by atoms with E-state index in [0.29, 0.717) is 0 Å². The maximum absolute atomic E-state index is 11.9. The average Bonchev–Trinajstić information content (AvgIpc) is 3.06. The third-order valence-corrected chi connectivity index (χ3v) is 4.46. The lowest BCUT2D eigenvalue weighted by Crippen LogP contribution is -2.48. The Bertz CT molecular complexity index is 887. The zero-order valence-electron chi connectivity index (χ0n) is 17.8. The number of methoxy groups -OCH3 is 1. The van der Waals surface area contributed by atoms with Gasteiger partial charge in [-0.1, -0.05) is 0 Å². The Morgan fingerprint density at radius 3 is 2.25 bits per heavy atom. The Balaban J connectivity index is 2.24. The fourth-order valence-corrected chi connectivity index (χ4v) is 3.08. The lowest BCUT2D eigenvalue weighted by atomic mass is 10.1. The van der Waals surface area contributed by atoms with Gasteiger partial charge in [-0.25, -0.2) is 0 Å². The Morgan fingerprint density at radius 1 is 1.03 bits per heavy atom. The molecule has 0 radical (unpaired) electrons. The number of aromatic nitrogens is 1. The summed E-state index contributed by atoms with van der Waals surface area (Å²) in [6.07, 6.45) is -1.68. The zero-order chi connectivity index (χ0) is 23.8. The summed E-state index contributed by atoms with van der Waals surface area (Å²) >= 11 is 0. The van der Waals surface area contributed by atoms with Crippen LogP contribution in [0.2, 0.25) is 0 Å². The molecule has 2 heterocycles. The van der Waals surface area contributed by atoms with Crippen LogP contribution in [0.4, 0.5) is 0 Å². The van der Waals surface area contributed by atoms with Gasteiger partial charge in [0.05, 0.1) is 20.0 Å². The summed E-state index contributed by atoms with van der Waals surface area (Å²) in [5.74, 6) is -3.29. The van der Waals surface area contributed by atoms with E-state index >= 15 is 0 Å². The van der Waals surface area contributed by atoms with Gasteiger partial charge in [0, 0.05) is 19.9 Å². The van der Waals surface area contributed by atoms with Gasteiger partial charge >= 0.3 is 30.1 Å². The quantitative estimate of drug-likeness (QED) is 0.288. The van der Waals surface area contributed by atoms with E-state index < -0.39 is 54.3 Å². The minimum absolute atomic E-state index is 0.164. The molecule has 0 saturated carbocycles. The Morgan fingerprint density at radius 2 is 1.66 bits per heavy atom. The summed E-state index contributed by atoms with van der Waals surface area (Å²) < 4.78 is 27.6. The third-order valence-electron chi connectivity index (χ3n) is 4.46. The molecule has 1 amide bonds. The van der Waals surface area contributed by atoms with Gasteiger partial charge < -0.3 is 29.4 Å². The molecule has 2 rings (SSSR count). The molecule has 12 nitrogen and oxygen atoms in total. The van der Waals surface area contributed by atoms with Crippen molar-refractivity contribution in [2.75, 3.05) is 13.7 Å². The molecule has 0 unspecified atom stereocenters. The lowest BCUT2D eigenvalue weighted by molar-refractivity contribution is -0.765. The van der Waals surface area contributed by atoms with Crippen molar-refractivity contribution in [3.05, 3.63) is 30.1 Å². The highest BCUT2D eigenvalue weighted by atomic mass is 16.7. The molecule has 1 aliphatic heterocycles. The fourth-order valence-electron chi connectivity index (χ4n) is 3.08. The molecule has 4 atom stereocenters. The van der Waals surface area contributed by atoms with Gasteiger partial charge in [0.25, 0.3) is 5.91 Å². The summed E-state index contributed by atoms with van der Waals surface area (Å²) in [4.78, 5) is 58.0. The number of primary amides is 1. The van der Waals surface area contributed by atoms with Crippen molar-refractivity contribution >= 4 is 29.8 Å². The minimum Gasteiger partial charge on any atom is -0.469 e. The number of ether oxygens (including phenoxy) is 5. The number of hydrogen-bond acceptors (Lipinski definition) is 10. The molecule has 2 N–H and O–H groups in total. The second-order valence-corrected chi connectivity index (χ2v) is 6.88. The predicted molar refractivity (Wildman–Crippen MR) is 102 cm³/mol. The fraction of sp³-hybridized carbons (Fsp3) is 0.500. The summed E-state index contributed by atoms with van der Waals surface area (Å²) in [5.41, 5.74) is 5.49. The first-order chi connectivity index (χ1) is 15.1. The largest absolute Gasteiger partial charge is 0.469 e. The van der Waals surface area contributed by atoms with Crippen LogP contribution in [0.5, 0.6) is 0 Å². The van der Waals surface area contributed by atoms with Crippen LogP contribution in [0.1, 0.15) is 43.3 Å². The van der Waals surface area contributed by atoms with Crippen LogP contribution < -0.4 is 10.3 Å². The maximum Gasteiger partial charge on any atom is 0.306 e. The van der Waals surface area contributed by atoms with Gasteiger partial charge in [-0.3, -0.25) is 24.0 Å². The van der Waals surface area contributed by atoms with Crippen molar-refractivity contribution in [1.29, 1.82) is 0 Å². The van der Waals surface area contributed by atoms with Crippen molar-refractivity contribution in [2.24, 2.45) is 5.73 Å². The Kier molecular flexibility index (Phi) is 8.64. The molecule has 1 fully saturated rings. The van der Waals surface area contributed by atoms with E-state index in [1.54, 1.807) is 6.20 Å². The van der Waals surface area contributed by atoms with Crippen LogP contribution in [0.15, 0.2) is 24.5 Å². The van der Waals surface area contributed by atoms with E-state index in [9.17, 15) is 24.0 Å². The summed E-state index contributed by atoms with van der Waals surface area (Å²) in [6, 6.07) is 3.02. The topological polar surface area (TPSA) is 161 Å². The highest BCUT2D eigenvalue weighted by molar-refractivity contribution is 5.92. The maximum atomic E-state index is 11.9. The Hall–Kier alpha value is -3.54. The highest BCUT2D eigenvalue weighted by Crippen LogP contribution is 2.31. The van der Waals surface area contributed by atoms with Crippen LogP contribution in [0, 0.1) is 0 Å². The second kappa shape index (κ2) is 11.2. The number of pyridine rings is 1. The average molecular weight is 453 g/mol. The van der Waals surface area contributed by atoms with Gasteiger partial charge in [-0.2, -0.15) is 4.57 Å². The first kappa shape index (κ1) is 24.7. The first-order valence-corrected chi connectivity index (χ1v) is 9.65. The van der Waals surface area contributed by atoms with Crippen LogP contribution in [0.3, 0.4) is 0 Å². The van der Waals surface area contributed by atoms with E-state index in [1.807, 2.05) is 0 Å². The van der Waals surface area contributed by atoms with Gasteiger partial charge in [0.2, 0.25) is 6.10 Å². The van der Waals surface area contributed by atoms with E-state index in [1.165, 1.54) is 43.9 Å². The van der Waals surface area contributed by atoms with Crippen molar-refractivity contribution in [2.45, 2.75) is 51.2 Å². The number of esters is 4. The number of nitrogens with zero attached hydrogens (tertiary/aromatic N) is 1. The normalized spacial score (nSPS) is 22.0. The van der Waals surface area contributed by atoms with Crippen molar-refractivity contribution in [1.82, 2.24) is 0 Å². The van der Waals surface area contributed by atoms with Crippen molar-refractivity contribution < 1.29 is 52.2 Å². The number of hydrogen-bond donors (Lipinski definition) is 1. The van der Waals surface area contributed by atoms with Crippen LogP contribution >= 0.6 is 0 Å². The highest BCUT2D eigenvalue weighted by Gasteiger charge is 2.54. The third kappa shape index (κ3) is 6.74. The smallest absolute Gasteiger partial charge is 0.306 e. The van der Waals surface area contributed by atoms with Crippen LogP contribution in [-0.4, -0.2) is 61.8 Å². The molecular weight excluding hydrogens is 428 g/mol.